The molecule has 7 N–H and O–H groups in total. The molecule has 0 amide bonds. The SMILES string of the molecule is Nc1ccn([C@]2(F)O[C@H](COP(=O)(O)OP(=O)(O)OP(=O)(O)O)[C@@H](O)[C@H]2F)c(=O)n1. The number of phosphoric acid groups is 3. The lowest BCUT2D eigenvalue weighted by Gasteiger charge is -2.23. The highest BCUT2D eigenvalue weighted by Crippen LogP contribution is 2.66. The minimum absolute atomic E-state index is 0.00206. The summed E-state index contributed by atoms with van der Waals surface area (Å²) in [5.41, 5.74) is 3.81. The number of rotatable bonds is 8. The molecule has 1 aromatic rings. The van der Waals surface area contributed by atoms with E-state index in [0.717, 1.165) is 6.07 Å². The number of alkyl halides is 2. The number of nitrogen functional groups attached to an aromatic ring is 1. The lowest BCUT2D eigenvalue weighted by atomic mass is 10.1. The van der Waals surface area contributed by atoms with Gasteiger partial charge >= 0.3 is 35.1 Å². The topological polar surface area (TPSA) is 250 Å². The Morgan fingerprint density at radius 2 is 1.83 bits per heavy atom. The number of aliphatic hydroxyl groups is 1. The molecule has 0 bridgehead atoms. The molecule has 0 aliphatic carbocycles. The van der Waals surface area contributed by atoms with Crippen LogP contribution >= 0.6 is 23.5 Å². The van der Waals surface area contributed by atoms with Gasteiger partial charge in [-0.05, 0) is 6.07 Å². The number of nitrogens with zero attached hydrogens (tertiary/aromatic N) is 2. The van der Waals surface area contributed by atoms with Gasteiger partial charge in [-0.3, -0.25) is 4.52 Å². The normalized spacial score (nSPS) is 31.2. The molecule has 1 fully saturated rings. The number of aromatic nitrogens is 2. The predicted molar refractivity (Wildman–Crippen MR) is 87.6 cm³/mol. The molecule has 6 atom stereocenters. The molecule has 172 valence electrons. The van der Waals surface area contributed by atoms with E-state index < -0.39 is 60.1 Å². The predicted octanol–water partition coefficient (Wildman–Crippen LogP) is -1.15. The third-order valence-corrected chi connectivity index (χ3v) is 7.11. The minimum Gasteiger partial charge on any atom is -0.387 e. The van der Waals surface area contributed by atoms with E-state index in [2.05, 4.69) is 22.9 Å². The maximum Gasteiger partial charge on any atom is 0.490 e. The molecule has 1 saturated heterocycles. The van der Waals surface area contributed by atoms with Crippen molar-refractivity contribution >= 4 is 29.3 Å². The van der Waals surface area contributed by atoms with Crippen LogP contribution < -0.4 is 11.4 Å². The van der Waals surface area contributed by atoms with Gasteiger partial charge in [0.25, 0.3) is 0 Å². The van der Waals surface area contributed by atoms with Crippen LogP contribution in [0.4, 0.5) is 14.6 Å². The summed E-state index contributed by atoms with van der Waals surface area (Å²) < 4.78 is 78.2. The largest absolute Gasteiger partial charge is 0.490 e. The number of hydrogen-bond donors (Lipinski definition) is 6. The van der Waals surface area contributed by atoms with Crippen molar-refractivity contribution in [2.24, 2.45) is 0 Å². The molecule has 2 heterocycles. The lowest BCUT2D eigenvalue weighted by molar-refractivity contribution is -0.226. The third-order valence-electron chi connectivity index (χ3n) is 3.31. The Hall–Kier alpha value is -1.13. The van der Waals surface area contributed by atoms with Gasteiger partial charge in [0.1, 0.15) is 18.0 Å². The molecule has 2 rings (SSSR count). The highest BCUT2D eigenvalue weighted by Gasteiger charge is 2.59. The standard InChI is InChI=1S/C9H14F2N3O13P3/c10-7-6(15)4(25-9(7,11)14-2-1-5(12)13-8(14)16)3-24-29(20,21)27-30(22,23)26-28(17,18)19/h1-2,4,6-7,15H,3H2,(H,20,21)(H,22,23)(H2,12,13,16)(H2,17,18,19)/t4-,6-,7-,9+/m1/s1. The highest BCUT2D eigenvalue weighted by atomic mass is 31.3. The highest BCUT2D eigenvalue weighted by molar-refractivity contribution is 7.66. The third kappa shape index (κ3) is 5.97. The molecule has 2 unspecified atom stereocenters. The van der Waals surface area contributed by atoms with Crippen molar-refractivity contribution in [3.8, 4) is 0 Å². The summed E-state index contributed by atoms with van der Waals surface area (Å²) in [6, 6.07) is 0.907. The summed E-state index contributed by atoms with van der Waals surface area (Å²) in [5, 5.41) is 9.76. The van der Waals surface area contributed by atoms with E-state index in [-0.39, 0.29) is 10.4 Å². The Labute approximate surface area is 164 Å². The summed E-state index contributed by atoms with van der Waals surface area (Å²) in [5.74, 6) is -3.97. The van der Waals surface area contributed by atoms with Crippen molar-refractivity contribution < 1.29 is 65.0 Å². The van der Waals surface area contributed by atoms with E-state index in [1.807, 2.05) is 0 Å². The van der Waals surface area contributed by atoms with Crippen molar-refractivity contribution in [3.63, 3.8) is 0 Å². The molecule has 0 saturated carbocycles. The van der Waals surface area contributed by atoms with E-state index in [9.17, 15) is 37.3 Å². The molecular weight excluding hydrogens is 489 g/mol. The van der Waals surface area contributed by atoms with Crippen LogP contribution in [0.2, 0.25) is 0 Å². The van der Waals surface area contributed by atoms with E-state index in [0.29, 0.717) is 6.20 Å². The fourth-order valence-corrected chi connectivity index (χ4v) is 5.22. The summed E-state index contributed by atoms with van der Waals surface area (Å²) in [6.45, 7) is -1.35. The van der Waals surface area contributed by atoms with Crippen LogP contribution in [0.5, 0.6) is 0 Å². The zero-order valence-electron chi connectivity index (χ0n) is 14.2. The van der Waals surface area contributed by atoms with Gasteiger partial charge in [0, 0.05) is 6.20 Å². The molecule has 0 aromatic carbocycles. The van der Waals surface area contributed by atoms with Crippen LogP contribution in [-0.4, -0.2) is 59.2 Å². The van der Waals surface area contributed by atoms with E-state index >= 15 is 0 Å². The summed E-state index contributed by atoms with van der Waals surface area (Å²) in [6.07, 6.45) is -6.73. The van der Waals surface area contributed by atoms with E-state index in [1.54, 1.807) is 0 Å². The van der Waals surface area contributed by atoms with Crippen LogP contribution in [-0.2, 0) is 37.6 Å². The quantitative estimate of drug-likeness (QED) is 0.229. The van der Waals surface area contributed by atoms with Gasteiger partial charge in [-0.2, -0.15) is 18.0 Å². The average Bonchev–Trinajstić information content (AvgIpc) is 2.74. The Morgan fingerprint density at radius 3 is 2.37 bits per heavy atom. The van der Waals surface area contributed by atoms with Gasteiger partial charge in [-0.1, -0.05) is 0 Å². The van der Waals surface area contributed by atoms with Crippen molar-refractivity contribution in [1.29, 1.82) is 0 Å². The number of hydrogen-bond acceptors (Lipinski definition) is 11. The fourth-order valence-electron chi connectivity index (χ4n) is 2.19. The number of aliphatic hydroxyl groups excluding tert-OH is 1. The van der Waals surface area contributed by atoms with E-state index in [4.69, 9.17) is 20.4 Å². The van der Waals surface area contributed by atoms with Crippen molar-refractivity contribution in [2.45, 2.75) is 24.4 Å². The van der Waals surface area contributed by atoms with Gasteiger partial charge in [-0.15, -0.1) is 0 Å². The Bertz CT molecular complexity index is 1000. The molecule has 16 nitrogen and oxygen atoms in total. The summed E-state index contributed by atoms with van der Waals surface area (Å²) in [7, 11) is -17.1. The molecular formula is C9H14F2N3O13P3. The molecule has 0 radical (unpaired) electrons. The van der Waals surface area contributed by atoms with Crippen LogP contribution in [0, 0.1) is 0 Å². The maximum absolute atomic E-state index is 14.9. The monoisotopic (exact) mass is 503 g/mol. The number of phosphoric ester groups is 1. The van der Waals surface area contributed by atoms with Crippen LogP contribution in [0.15, 0.2) is 17.1 Å². The second kappa shape index (κ2) is 8.43. The van der Waals surface area contributed by atoms with Gasteiger partial charge in [0.15, 0.2) is 0 Å². The minimum atomic E-state index is -5.83. The average molecular weight is 503 g/mol. The van der Waals surface area contributed by atoms with Crippen LogP contribution in [0.25, 0.3) is 0 Å². The molecule has 1 aliphatic rings. The number of halogens is 2. The second-order valence-corrected chi connectivity index (χ2v) is 9.97. The van der Waals surface area contributed by atoms with Gasteiger partial charge in [0.05, 0.1) is 6.61 Å². The molecule has 1 aliphatic heterocycles. The van der Waals surface area contributed by atoms with Gasteiger partial charge in [0.2, 0.25) is 6.17 Å². The summed E-state index contributed by atoms with van der Waals surface area (Å²) in [4.78, 5) is 50.0. The number of anilines is 1. The fraction of sp³-hybridized carbons (Fsp3) is 0.556. The maximum atomic E-state index is 14.9. The Morgan fingerprint density at radius 1 is 1.23 bits per heavy atom. The Kier molecular flexibility index (Phi) is 7.06. The van der Waals surface area contributed by atoms with Crippen molar-refractivity contribution in [1.82, 2.24) is 9.55 Å². The molecule has 1 aromatic heterocycles. The smallest absolute Gasteiger partial charge is 0.387 e. The van der Waals surface area contributed by atoms with Crippen molar-refractivity contribution in [3.05, 3.63) is 22.7 Å². The van der Waals surface area contributed by atoms with Crippen LogP contribution in [0.3, 0.4) is 0 Å². The zero-order chi connectivity index (χ0) is 23.1. The van der Waals surface area contributed by atoms with Crippen LogP contribution in [0.1, 0.15) is 0 Å². The van der Waals surface area contributed by atoms with Gasteiger partial charge < -0.3 is 35.2 Å². The second-order valence-electron chi connectivity index (χ2n) is 5.55. The summed E-state index contributed by atoms with van der Waals surface area (Å²) >= 11 is 0. The number of nitrogens with two attached hydrogens (primary N) is 1. The first-order chi connectivity index (χ1) is 13.5. The first kappa shape index (κ1) is 25.1. The molecule has 0 spiro atoms. The van der Waals surface area contributed by atoms with Gasteiger partial charge in [-0.25, -0.2) is 27.4 Å². The first-order valence-electron chi connectivity index (χ1n) is 7.29. The molecule has 30 heavy (non-hydrogen) atoms. The Balaban J connectivity index is 2.12. The first-order valence-corrected chi connectivity index (χ1v) is 11.8. The molecule has 21 heteroatoms. The van der Waals surface area contributed by atoms with Crippen molar-refractivity contribution in [2.75, 3.05) is 12.3 Å². The van der Waals surface area contributed by atoms with E-state index in [1.165, 1.54) is 0 Å². The zero-order valence-corrected chi connectivity index (χ0v) is 16.8. The lowest BCUT2D eigenvalue weighted by Crippen LogP contribution is -2.45. The number of ether oxygens (including phenoxy) is 1.